The van der Waals surface area contributed by atoms with Crippen LogP contribution in [0.15, 0.2) is 77.7 Å². The molecule has 3 aliphatic heterocycles. The summed E-state index contributed by atoms with van der Waals surface area (Å²) in [5.74, 6) is -0.501. The summed E-state index contributed by atoms with van der Waals surface area (Å²) in [5.41, 5.74) is -1.25. The second-order valence-corrected chi connectivity index (χ2v) is 14.3. The number of anilines is 1. The number of alkyl halides is 3. The summed E-state index contributed by atoms with van der Waals surface area (Å²) in [7, 11) is -4.75. The normalized spacial score (nSPS) is 19.8. The number of ether oxygens (including phenoxy) is 3. The highest BCUT2D eigenvalue weighted by Gasteiger charge is 2.43. The van der Waals surface area contributed by atoms with Crippen molar-refractivity contribution in [1.82, 2.24) is 9.80 Å². The first-order valence-electron chi connectivity index (χ1n) is 16.4. The van der Waals surface area contributed by atoms with Crippen LogP contribution in [-0.2, 0) is 36.1 Å². The van der Waals surface area contributed by atoms with Crippen LogP contribution in [0.2, 0.25) is 0 Å². The summed E-state index contributed by atoms with van der Waals surface area (Å²) >= 11 is 0. The van der Waals surface area contributed by atoms with Crippen molar-refractivity contribution in [1.29, 1.82) is 0 Å². The minimum Gasteiger partial charge on any atom is -0.489 e. The highest BCUT2D eigenvalue weighted by atomic mass is 32.2. The topological polar surface area (TPSA) is 88.6 Å². The number of fused-ring (bicyclic) bond motifs is 1. The second kappa shape index (κ2) is 14.6. The van der Waals surface area contributed by atoms with Gasteiger partial charge in [-0.1, -0.05) is 36.4 Å². The molecule has 3 aromatic carbocycles. The standard InChI is InChI=1S/C35H39F4N3O6S/c36-27-9-7-8-26(22-27)34(48-21-20-40-16-5-6-17-40)14-18-41(19-15-34)33(43)25-46-23-28-24-47-31-12-3-2-11-30(31)42(28)49(44,45)32-13-4-1-10-29(32)35(37,38)39/h1-4,7-13,22,28H,5-6,14-21,23-25H2. The van der Waals surface area contributed by atoms with Gasteiger partial charge in [0.1, 0.15) is 30.8 Å². The highest BCUT2D eigenvalue weighted by Crippen LogP contribution is 2.41. The van der Waals surface area contributed by atoms with Gasteiger partial charge in [-0.25, -0.2) is 12.8 Å². The predicted octanol–water partition coefficient (Wildman–Crippen LogP) is 5.45. The molecule has 6 rings (SSSR count). The number of halogens is 4. The molecule has 1 amide bonds. The van der Waals surface area contributed by atoms with Crippen molar-refractivity contribution in [3.05, 3.63) is 89.7 Å². The van der Waals surface area contributed by atoms with Gasteiger partial charge in [0.25, 0.3) is 10.0 Å². The van der Waals surface area contributed by atoms with Crippen molar-refractivity contribution in [3.63, 3.8) is 0 Å². The molecule has 3 aliphatic rings. The van der Waals surface area contributed by atoms with Gasteiger partial charge in [-0.05, 0) is 80.7 Å². The van der Waals surface area contributed by atoms with Crippen molar-refractivity contribution >= 4 is 21.6 Å². The summed E-state index contributed by atoms with van der Waals surface area (Å²) in [6.45, 7) is 3.08. The molecule has 0 bridgehead atoms. The highest BCUT2D eigenvalue weighted by molar-refractivity contribution is 7.93. The summed E-state index contributed by atoms with van der Waals surface area (Å²) in [6, 6.07) is 15.5. The van der Waals surface area contributed by atoms with Gasteiger partial charge in [-0.15, -0.1) is 0 Å². The zero-order chi connectivity index (χ0) is 34.6. The van der Waals surface area contributed by atoms with Crippen LogP contribution in [0.4, 0.5) is 23.2 Å². The molecule has 9 nitrogen and oxygen atoms in total. The van der Waals surface area contributed by atoms with E-state index in [9.17, 15) is 30.8 Å². The molecule has 0 N–H and O–H groups in total. The molecule has 0 aliphatic carbocycles. The monoisotopic (exact) mass is 705 g/mol. The van der Waals surface area contributed by atoms with E-state index in [1.54, 1.807) is 23.1 Å². The van der Waals surface area contributed by atoms with Crippen molar-refractivity contribution in [2.75, 3.05) is 63.5 Å². The first-order chi connectivity index (χ1) is 23.5. The van der Waals surface area contributed by atoms with E-state index >= 15 is 0 Å². The number of piperidine rings is 1. The molecule has 0 aromatic heterocycles. The maximum Gasteiger partial charge on any atom is 0.417 e. The summed E-state index contributed by atoms with van der Waals surface area (Å²) in [6.07, 6.45) is -1.70. The maximum atomic E-state index is 14.3. The zero-order valence-electron chi connectivity index (χ0n) is 26.9. The Hall–Kier alpha value is -3.72. The Morgan fingerprint density at radius 1 is 0.939 bits per heavy atom. The molecule has 1 atom stereocenters. The number of rotatable bonds is 11. The van der Waals surface area contributed by atoms with Crippen molar-refractivity contribution in [2.45, 2.75) is 48.4 Å². The fraction of sp³-hybridized carbons (Fsp3) is 0.457. The van der Waals surface area contributed by atoms with E-state index in [-0.39, 0.29) is 43.0 Å². The minimum absolute atomic E-state index is 0.0695. The summed E-state index contributed by atoms with van der Waals surface area (Å²) in [5, 5.41) is 0. The van der Waals surface area contributed by atoms with E-state index in [1.807, 2.05) is 6.07 Å². The number of para-hydroxylation sites is 2. The summed E-state index contributed by atoms with van der Waals surface area (Å²) < 4.78 is 103. The van der Waals surface area contributed by atoms with E-state index in [0.717, 1.165) is 60.5 Å². The summed E-state index contributed by atoms with van der Waals surface area (Å²) in [4.78, 5) is 16.4. The maximum absolute atomic E-state index is 14.3. The number of benzene rings is 3. The van der Waals surface area contributed by atoms with E-state index in [0.29, 0.717) is 32.5 Å². The number of carbonyl (C=O) groups excluding carboxylic acids is 1. The third kappa shape index (κ3) is 7.72. The molecule has 0 saturated carbocycles. The Morgan fingerprint density at radius 2 is 1.65 bits per heavy atom. The third-order valence-corrected chi connectivity index (χ3v) is 11.3. The van der Waals surface area contributed by atoms with Crippen LogP contribution >= 0.6 is 0 Å². The van der Waals surface area contributed by atoms with Crippen LogP contribution < -0.4 is 9.04 Å². The van der Waals surface area contributed by atoms with Crippen molar-refractivity contribution in [2.24, 2.45) is 0 Å². The van der Waals surface area contributed by atoms with Crippen LogP contribution in [-0.4, -0.2) is 89.3 Å². The van der Waals surface area contributed by atoms with E-state index in [4.69, 9.17) is 14.2 Å². The molecule has 2 saturated heterocycles. The Labute approximate surface area is 283 Å². The SMILES string of the molecule is O=C(COCC1COc2ccccc2N1S(=O)(=O)c1ccccc1C(F)(F)F)N1CCC(OCCN2CCCC2)(c2cccc(F)c2)CC1. The molecule has 3 heterocycles. The predicted molar refractivity (Wildman–Crippen MR) is 173 cm³/mol. The minimum atomic E-state index is -4.91. The Kier molecular flexibility index (Phi) is 10.5. The van der Waals surface area contributed by atoms with Gasteiger partial charge >= 0.3 is 6.18 Å². The fourth-order valence-electron chi connectivity index (χ4n) is 6.84. The lowest BCUT2D eigenvalue weighted by atomic mass is 9.84. The molecule has 264 valence electrons. The molecule has 49 heavy (non-hydrogen) atoms. The van der Waals surface area contributed by atoms with Gasteiger partial charge in [-0.2, -0.15) is 13.2 Å². The molecule has 1 unspecified atom stereocenters. The Balaban J connectivity index is 1.12. The number of amides is 1. The number of sulfonamides is 1. The molecule has 14 heteroatoms. The largest absolute Gasteiger partial charge is 0.489 e. The molecular formula is C35H39F4N3O6S. The number of likely N-dealkylation sites (tertiary alicyclic amines) is 2. The first-order valence-corrected chi connectivity index (χ1v) is 17.8. The van der Waals surface area contributed by atoms with Gasteiger partial charge in [-0.3, -0.25) is 9.10 Å². The smallest absolute Gasteiger partial charge is 0.417 e. The Bertz CT molecular complexity index is 1730. The number of nitrogens with zero attached hydrogens (tertiary/aromatic N) is 3. The number of hydrogen-bond donors (Lipinski definition) is 0. The van der Waals surface area contributed by atoms with Crippen LogP contribution in [0.25, 0.3) is 0 Å². The van der Waals surface area contributed by atoms with Gasteiger partial charge in [0, 0.05) is 19.6 Å². The van der Waals surface area contributed by atoms with Crippen LogP contribution in [0.5, 0.6) is 5.75 Å². The number of carbonyl (C=O) groups is 1. The lowest BCUT2D eigenvalue weighted by molar-refractivity contribution is -0.144. The van der Waals surface area contributed by atoms with E-state index in [2.05, 4.69) is 4.90 Å². The fourth-order valence-corrected chi connectivity index (χ4v) is 8.69. The zero-order valence-corrected chi connectivity index (χ0v) is 27.7. The molecule has 3 aromatic rings. The van der Waals surface area contributed by atoms with Crippen molar-refractivity contribution < 1.29 is 45.0 Å². The molecule has 0 radical (unpaired) electrons. The molecule has 0 spiro atoms. The van der Waals surface area contributed by atoms with Gasteiger partial charge in [0.15, 0.2) is 0 Å². The lowest BCUT2D eigenvalue weighted by Crippen LogP contribution is -2.50. The lowest BCUT2D eigenvalue weighted by Gasteiger charge is -2.42. The van der Waals surface area contributed by atoms with Gasteiger partial charge in [0.2, 0.25) is 5.91 Å². The molecular weight excluding hydrogens is 666 g/mol. The van der Waals surface area contributed by atoms with E-state index in [1.165, 1.54) is 30.3 Å². The number of hydrogen-bond acceptors (Lipinski definition) is 7. The van der Waals surface area contributed by atoms with Crippen LogP contribution in [0.1, 0.15) is 36.8 Å². The average molecular weight is 706 g/mol. The van der Waals surface area contributed by atoms with E-state index < -0.39 is 38.3 Å². The second-order valence-electron chi connectivity index (χ2n) is 12.5. The first kappa shape index (κ1) is 35.1. The Morgan fingerprint density at radius 3 is 2.39 bits per heavy atom. The van der Waals surface area contributed by atoms with Crippen molar-refractivity contribution in [3.8, 4) is 5.75 Å². The van der Waals surface area contributed by atoms with Gasteiger partial charge < -0.3 is 24.0 Å². The van der Waals surface area contributed by atoms with Crippen LogP contribution in [0, 0.1) is 5.82 Å². The average Bonchev–Trinajstić information content (AvgIpc) is 3.61. The quantitative estimate of drug-likeness (QED) is 0.246. The third-order valence-electron chi connectivity index (χ3n) is 9.39. The van der Waals surface area contributed by atoms with Gasteiger partial charge in [0.05, 0.1) is 35.0 Å². The molecule has 2 fully saturated rings. The van der Waals surface area contributed by atoms with Crippen LogP contribution in [0.3, 0.4) is 0 Å².